The number of pyridine rings is 2. The second-order valence-corrected chi connectivity index (χ2v) is 7.38. The fourth-order valence-corrected chi connectivity index (χ4v) is 3.34. The van der Waals surface area contributed by atoms with Crippen LogP contribution < -0.4 is 10.2 Å². The highest BCUT2D eigenvalue weighted by molar-refractivity contribution is 6.08. The molecule has 2 aromatic rings. The number of alkyl halides is 3. The Balaban J connectivity index is 1.96. The van der Waals surface area contributed by atoms with E-state index in [0.29, 0.717) is 19.6 Å². The average molecular weight is 408 g/mol. The van der Waals surface area contributed by atoms with Gasteiger partial charge in [-0.1, -0.05) is 13.8 Å². The van der Waals surface area contributed by atoms with Gasteiger partial charge in [-0.3, -0.25) is 9.78 Å². The van der Waals surface area contributed by atoms with Crippen LogP contribution >= 0.6 is 0 Å². The largest absolute Gasteiger partial charge is 0.418 e. The lowest BCUT2D eigenvalue weighted by molar-refractivity contribution is -0.138. The molecule has 2 N–H and O–H groups in total. The number of nitrogens with zero attached hydrogens (tertiary/aromatic N) is 3. The molecule has 9 heteroatoms. The highest BCUT2D eigenvalue weighted by Gasteiger charge is 2.37. The topological polar surface area (TPSA) is 78.3 Å². The number of aliphatic hydroxyl groups excluding tert-OH is 1. The minimum Gasteiger partial charge on any atom is -0.391 e. The number of anilines is 1. The second kappa shape index (κ2) is 8.46. The highest BCUT2D eigenvalue weighted by atomic mass is 19.4. The first-order valence-corrected chi connectivity index (χ1v) is 9.38. The normalized spacial score (nSPS) is 18.7. The molecule has 6 nitrogen and oxygen atoms in total. The fourth-order valence-electron chi connectivity index (χ4n) is 3.34. The van der Waals surface area contributed by atoms with Crippen LogP contribution in [0.15, 0.2) is 36.7 Å². The molecule has 29 heavy (non-hydrogen) atoms. The van der Waals surface area contributed by atoms with E-state index in [-0.39, 0.29) is 23.3 Å². The first-order chi connectivity index (χ1) is 13.7. The molecule has 0 aliphatic carbocycles. The van der Waals surface area contributed by atoms with E-state index < -0.39 is 29.3 Å². The minimum atomic E-state index is -4.71. The van der Waals surface area contributed by atoms with E-state index in [0.717, 1.165) is 6.07 Å². The van der Waals surface area contributed by atoms with E-state index in [1.54, 1.807) is 4.90 Å². The van der Waals surface area contributed by atoms with Crippen molar-refractivity contribution in [3.63, 3.8) is 0 Å². The predicted molar refractivity (Wildman–Crippen MR) is 102 cm³/mol. The number of ketones is 1. The Kier molecular flexibility index (Phi) is 6.18. The van der Waals surface area contributed by atoms with Gasteiger partial charge in [-0.2, -0.15) is 13.2 Å². The first kappa shape index (κ1) is 21.2. The molecule has 2 aromatic heterocycles. The Morgan fingerprint density at radius 2 is 2.07 bits per heavy atom. The van der Waals surface area contributed by atoms with Gasteiger partial charge in [0.15, 0.2) is 0 Å². The maximum Gasteiger partial charge on any atom is 0.418 e. The van der Waals surface area contributed by atoms with Crippen LogP contribution in [0.5, 0.6) is 0 Å². The van der Waals surface area contributed by atoms with E-state index in [9.17, 15) is 23.1 Å². The van der Waals surface area contributed by atoms with Crippen LogP contribution in [0.4, 0.5) is 19.0 Å². The molecule has 1 saturated heterocycles. The van der Waals surface area contributed by atoms with Crippen molar-refractivity contribution in [3.05, 3.63) is 53.5 Å². The van der Waals surface area contributed by atoms with Crippen LogP contribution in [0.2, 0.25) is 0 Å². The van der Waals surface area contributed by atoms with Gasteiger partial charge in [0.1, 0.15) is 11.5 Å². The Morgan fingerprint density at radius 1 is 1.31 bits per heavy atom. The molecule has 1 aliphatic rings. The molecule has 0 amide bonds. The number of rotatable bonds is 5. The van der Waals surface area contributed by atoms with Crippen LogP contribution in [0.1, 0.15) is 35.5 Å². The maximum absolute atomic E-state index is 13.5. The third kappa shape index (κ3) is 4.73. The van der Waals surface area contributed by atoms with Crippen molar-refractivity contribution in [1.29, 1.82) is 0 Å². The van der Waals surface area contributed by atoms with Gasteiger partial charge in [0.2, 0.25) is 5.78 Å². The number of carbonyl (C=O) groups excluding carboxylic acids is 1. The molecular formula is C20H23F3N4O2. The number of hydrogen-bond acceptors (Lipinski definition) is 6. The second-order valence-electron chi connectivity index (χ2n) is 7.38. The van der Waals surface area contributed by atoms with E-state index in [4.69, 9.17) is 0 Å². The number of aromatic nitrogens is 2. The molecule has 156 valence electrons. The lowest BCUT2D eigenvalue weighted by atomic mass is 9.98. The van der Waals surface area contributed by atoms with Crippen LogP contribution in [0.3, 0.4) is 0 Å². The average Bonchev–Trinajstić information content (AvgIpc) is 2.72. The molecule has 2 unspecified atom stereocenters. The van der Waals surface area contributed by atoms with Crippen molar-refractivity contribution < 1.29 is 23.1 Å². The Bertz CT molecular complexity index is 859. The summed E-state index contributed by atoms with van der Waals surface area (Å²) in [5, 5.41) is 13.6. The molecule has 2 atom stereocenters. The molecular weight excluding hydrogens is 385 g/mol. The predicted octanol–water partition coefficient (Wildman–Crippen LogP) is 2.52. The van der Waals surface area contributed by atoms with E-state index in [2.05, 4.69) is 15.3 Å². The van der Waals surface area contributed by atoms with Crippen LogP contribution in [0.25, 0.3) is 0 Å². The molecule has 1 aliphatic heterocycles. The van der Waals surface area contributed by atoms with Crippen molar-refractivity contribution in [3.8, 4) is 0 Å². The SMILES string of the molecule is CC(C)C(O)C1CN(c2ccc(C(F)(F)F)c(C(=O)c3cccnc3)n2)CCN1. The van der Waals surface area contributed by atoms with Gasteiger partial charge in [-0.25, -0.2) is 4.98 Å². The summed E-state index contributed by atoms with van der Waals surface area (Å²) < 4.78 is 40.5. The lowest BCUT2D eigenvalue weighted by Crippen LogP contribution is -2.57. The zero-order valence-electron chi connectivity index (χ0n) is 16.1. The number of aliphatic hydroxyl groups is 1. The zero-order chi connectivity index (χ0) is 21.2. The van der Waals surface area contributed by atoms with Gasteiger partial charge >= 0.3 is 6.18 Å². The van der Waals surface area contributed by atoms with Crippen molar-refractivity contribution in [1.82, 2.24) is 15.3 Å². The van der Waals surface area contributed by atoms with Crippen molar-refractivity contribution in [2.75, 3.05) is 24.5 Å². The van der Waals surface area contributed by atoms with Gasteiger partial charge in [0.05, 0.1) is 17.7 Å². The van der Waals surface area contributed by atoms with Gasteiger partial charge in [0.25, 0.3) is 0 Å². The summed E-state index contributed by atoms with van der Waals surface area (Å²) in [7, 11) is 0. The van der Waals surface area contributed by atoms with Crippen molar-refractivity contribution >= 4 is 11.6 Å². The van der Waals surface area contributed by atoms with Gasteiger partial charge in [-0.05, 0) is 30.2 Å². The van der Waals surface area contributed by atoms with Crippen LogP contribution in [0, 0.1) is 5.92 Å². The maximum atomic E-state index is 13.5. The minimum absolute atomic E-state index is 0.0238. The molecule has 0 bridgehead atoms. The van der Waals surface area contributed by atoms with Gasteiger partial charge in [0, 0.05) is 37.6 Å². The van der Waals surface area contributed by atoms with Gasteiger partial charge in [-0.15, -0.1) is 0 Å². The summed E-state index contributed by atoms with van der Waals surface area (Å²) in [5.74, 6) is -0.537. The van der Waals surface area contributed by atoms with E-state index in [1.807, 2.05) is 13.8 Å². The fraction of sp³-hybridized carbons (Fsp3) is 0.450. The Morgan fingerprint density at radius 3 is 2.69 bits per heavy atom. The Hall–Kier alpha value is -2.52. The number of carbonyl (C=O) groups is 1. The zero-order valence-corrected chi connectivity index (χ0v) is 16.1. The summed E-state index contributed by atoms with van der Waals surface area (Å²) in [6, 6.07) is 4.81. The van der Waals surface area contributed by atoms with Gasteiger partial charge < -0.3 is 15.3 Å². The van der Waals surface area contributed by atoms with E-state index >= 15 is 0 Å². The standard InChI is InChI=1S/C20H23F3N4O2/c1-12(2)18(28)15-11-27(9-8-25-15)16-6-5-14(20(21,22)23)17(26-16)19(29)13-4-3-7-24-10-13/h3-7,10,12,15,18,25,28H,8-9,11H2,1-2H3. The number of hydrogen-bond donors (Lipinski definition) is 2. The van der Waals surface area contributed by atoms with Crippen LogP contribution in [-0.4, -0.2) is 52.6 Å². The number of piperazine rings is 1. The number of nitrogens with one attached hydrogen (secondary N) is 1. The highest BCUT2D eigenvalue weighted by Crippen LogP contribution is 2.33. The van der Waals surface area contributed by atoms with Crippen molar-refractivity contribution in [2.45, 2.75) is 32.2 Å². The summed E-state index contributed by atoms with van der Waals surface area (Å²) in [5.41, 5.74) is -1.69. The third-order valence-electron chi connectivity index (χ3n) is 4.95. The quantitative estimate of drug-likeness (QED) is 0.741. The molecule has 0 radical (unpaired) electrons. The Labute approximate surface area is 166 Å². The summed E-state index contributed by atoms with van der Waals surface area (Å²) >= 11 is 0. The third-order valence-corrected chi connectivity index (χ3v) is 4.95. The monoisotopic (exact) mass is 408 g/mol. The first-order valence-electron chi connectivity index (χ1n) is 9.38. The molecule has 0 spiro atoms. The summed E-state index contributed by atoms with van der Waals surface area (Å²) in [6.07, 6.45) is -2.66. The molecule has 3 rings (SSSR count). The molecule has 0 aromatic carbocycles. The molecule has 1 fully saturated rings. The smallest absolute Gasteiger partial charge is 0.391 e. The lowest BCUT2D eigenvalue weighted by Gasteiger charge is -2.38. The van der Waals surface area contributed by atoms with E-state index in [1.165, 1.54) is 30.6 Å². The molecule has 3 heterocycles. The summed E-state index contributed by atoms with van der Waals surface area (Å²) in [4.78, 5) is 22.4. The summed E-state index contributed by atoms with van der Waals surface area (Å²) in [6.45, 7) is 5.21. The number of halogens is 3. The molecule has 0 saturated carbocycles. The van der Waals surface area contributed by atoms with Crippen molar-refractivity contribution in [2.24, 2.45) is 5.92 Å². The van der Waals surface area contributed by atoms with Crippen LogP contribution in [-0.2, 0) is 6.18 Å².